The Hall–Kier alpha value is -1.47. The highest BCUT2D eigenvalue weighted by Gasteiger charge is 2.23. The van der Waals surface area contributed by atoms with Crippen LogP contribution in [0.5, 0.6) is 5.75 Å². The number of anilines is 2. The van der Waals surface area contributed by atoms with Crippen LogP contribution in [0.15, 0.2) is 0 Å². The molecule has 5 N–H and O–H groups in total. The summed E-state index contributed by atoms with van der Waals surface area (Å²) < 4.78 is 11.0. The molecule has 20 heavy (non-hydrogen) atoms. The summed E-state index contributed by atoms with van der Waals surface area (Å²) in [5.41, 5.74) is 11.6. The Balaban J connectivity index is 2.15. The Morgan fingerprint density at radius 3 is 2.90 bits per heavy atom. The van der Waals surface area contributed by atoms with Crippen LogP contribution in [-0.2, 0) is 4.74 Å². The summed E-state index contributed by atoms with van der Waals surface area (Å²) in [7, 11) is 0. The van der Waals surface area contributed by atoms with E-state index in [1.807, 2.05) is 13.8 Å². The predicted molar refractivity (Wildman–Crippen MR) is 80.4 cm³/mol. The molecule has 1 aromatic rings. The number of hydrogen-bond donors (Lipinski definition) is 3. The highest BCUT2D eigenvalue weighted by molar-refractivity contribution is 7.19. The number of ether oxygens (including phenoxy) is 2. The van der Waals surface area contributed by atoms with Gasteiger partial charge < -0.3 is 26.3 Å². The van der Waals surface area contributed by atoms with Crippen LogP contribution >= 0.6 is 11.3 Å². The van der Waals surface area contributed by atoms with Crippen molar-refractivity contribution in [2.24, 2.45) is 11.7 Å². The van der Waals surface area contributed by atoms with Gasteiger partial charge in [0.15, 0.2) is 5.75 Å². The van der Waals surface area contributed by atoms with Crippen molar-refractivity contribution in [1.82, 2.24) is 0 Å². The van der Waals surface area contributed by atoms with Crippen LogP contribution in [0, 0.1) is 5.92 Å². The van der Waals surface area contributed by atoms with Gasteiger partial charge in [0.25, 0.3) is 5.91 Å². The van der Waals surface area contributed by atoms with E-state index in [0.717, 1.165) is 31.2 Å². The third-order valence-electron chi connectivity index (χ3n) is 3.05. The van der Waals surface area contributed by atoms with Crippen LogP contribution in [0.3, 0.4) is 0 Å². The zero-order chi connectivity index (χ0) is 14.7. The summed E-state index contributed by atoms with van der Waals surface area (Å²) in [6.07, 6.45) is 1.01. The molecule has 2 heterocycles. The molecule has 1 atom stereocenters. The second-order valence-electron chi connectivity index (χ2n) is 5.14. The van der Waals surface area contributed by atoms with Gasteiger partial charge in [-0.3, -0.25) is 4.79 Å². The Kier molecular flexibility index (Phi) is 4.72. The topological polar surface area (TPSA) is 99.6 Å². The first-order valence-corrected chi connectivity index (χ1v) is 7.51. The van der Waals surface area contributed by atoms with Crippen LogP contribution in [0.2, 0.25) is 0 Å². The number of thiophene rings is 1. The molecule has 0 saturated carbocycles. The number of carbonyl (C=O) groups excluding carboxylic acids is 1. The van der Waals surface area contributed by atoms with E-state index in [9.17, 15) is 4.79 Å². The molecule has 6 nitrogen and oxygen atoms in total. The smallest absolute Gasteiger partial charge is 0.261 e. The van der Waals surface area contributed by atoms with E-state index in [-0.39, 0.29) is 6.10 Å². The maximum Gasteiger partial charge on any atom is 0.261 e. The van der Waals surface area contributed by atoms with E-state index >= 15 is 0 Å². The van der Waals surface area contributed by atoms with E-state index in [4.69, 9.17) is 20.9 Å². The first-order valence-electron chi connectivity index (χ1n) is 6.69. The standard InChI is InChI=1S/C13H21N3O3S/c1-7(2)19-10-9(14)11(12(15)17)20-13(10)16-5-8-3-4-18-6-8/h7-8,16H,3-6,14H2,1-2H3,(H2,15,17). The summed E-state index contributed by atoms with van der Waals surface area (Å²) in [4.78, 5) is 11.7. The van der Waals surface area contributed by atoms with Crippen molar-refractivity contribution < 1.29 is 14.3 Å². The van der Waals surface area contributed by atoms with Gasteiger partial charge in [0.05, 0.1) is 12.7 Å². The molecule has 0 bridgehead atoms. The van der Waals surface area contributed by atoms with E-state index in [1.54, 1.807) is 0 Å². The summed E-state index contributed by atoms with van der Waals surface area (Å²) >= 11 is 1.24. The minimum absolute atomic E-state index is 0.0250. The number of amides is 1. The largest absolute Gasteiger partial charge is 0.486 e. The zero-order valence-electron chi connectivity index (χ0n) is 11.8. The number of rotatable bonds is 6. The van der Waals surface area contributed by atoms with Crippen LogP contribution in [0.1, 0.15) is 29.9 Å². The van der Waals surface area contributed by atoms with Gasteiger partial charge in [-0.2, -0.15) is 0 Å². The minimum Gasteiger partial charge on any atom is -0.486 e. The van der Waals surface area contributed by atoms with Crippen LogP contribution in [0.25, 0.3) is 0 Å². The lowest BCUT2D eigenvalue weighted by atomic mass is 10.1. The first-order chi connectivity index (χ1) is 9.49. The van der Waals surface area contributed by atoms with Crippen LogP contribution in [0.4, 0.5) is 10.7 Å². The van der Waals surface area contributed by atoms with Crippen molar-refractivity contribution >= 4 is 27.9 Å². The molecule has 2 rings (SSSR count). The molecule has 0 spiro atoms. The van der Waals surface area contributed by atoms with Gasteiger partial charge in [-0.1, -0.05) is 0 Å². The third-order valence-corrected chi connectivity index (χ3v) is 4.21. The first kappa shape index (κ1) is 14.9. The molecule has 1 aliphatic heterocycles. The van der Waals surface area contributed by atoms with Crippen molar-refractivity contribution in [3.05, 3.63) is 4.88 Å². The summed E-state index contributed by atoms with van der Waals surface area (Å²) in [6, 6.07) is 0. The monoisotopic (exact) mass is 299 g/mol. The van der Waals surface area contributed by atoms with Crippen LogP contribution < -0.4 is 21.5 Å². The fourth-order valence-corrected chi connectivity index (χ4v) is 2.98. The van der Waals surface area contributed by atoms with Gasteiger partial charge in [0, 0.05) is 19.1 Å². The molecule has 1 unspecified atom stereocenters. The van der Waals surface area contributed by atoms with E-state index in [2.05, 4.69) is 5.32 Å². The van der Waals surface area contributed by atoms with Gasteiger partial charge in [-0.15, -0.1) is 11.3 Å². The number of nitrogen functional groups attached to an aromatic ring is 1. The molecule has 1 saturated heterocycles. The lowest BCUT2D eigenvalue weighted by Crippen LogP contribution is -2.15. The Labute approximate surface area is 122 Å². The van der Waals surface area contributed by atoms with Crippen molar-refractivity contribution in [2.75, 3.05) is 30.8 Å². The average Bonchev–Trinajstić information content (AvgIpc) is 2.97. The van der Waals surface area contributed by atoms with E-state index in [0.29, 0.717) is 22.2 Å². The number of nitrogens with two attached hydrogens (primary N) is 2. The van der Waals surface area contributed by atoms with Crippen molar-refractivity contribution in [2.45, 2.75) is 26.4 Å². The Morgan fingerprint density at radius 1 is 1.60 bits per heavy atom. The summed E-state index contributed by atoms with van der Waals surface area (Å²) in [6.45, 7) is 6.16. The highest BCUT2D eigenvalue weighted by Crippen LogP contribution is 2.43. The number of nitrogens with one attached hydrogen (secondary N) is 1. The second kappa shape index (κ2) is 6.32. The molecular formula is C13H21N3O3S. The molecule has 0 aromatic carbocycles. The molecule has 1 fully saturated rings. The van der Waals surface area contributed by atoms with Gasteiger partial charge in [0.2, 0.25) is 0 Å². The molecule has 1 aliphatic rings. The number of carbonyl (C=O) groups is 1. The van der Waals surface area contributed by atoms with Crippen molar-refractivity contribution in [1.29, 1.82) is 0 Å². The normalized spacial score (nSPS) is 18.4. The molecule has 0 aliphatic carbocycles. The molecule has 1 aromatic heterocycles. The summed E-state index contributed by atoms with van der Waals surface area (Å²) in [5.74, 6) is 0.471. The highest BCUT2D eigenvalue weighted by atomic mass is 32.1. The molecule has 112 valence electrons. The minimum atomic E-state index is -0.529. The number of primary amides is 1. The molecule has 1 amide bonds. The maximum absolute atomic E-state index is 11.4. The lowest BCUT2D eigenvalue weighted by molar-refractivity contribution is 0.100. The van der Waals surface area contributed by atoms with Gasteiger partial charge >= 0.3 is 0 Å². The predicted octanol–water partition coefficient (Wildman–Crippen LogP) is 1.66. The fourth-order valence-electron chi connectivity index (χ4n) is 2.06. The Morgan fingerprint density at radius 2 is 2.35 bits per heavy atom. The summed E-state index contributed by atoms with van der Waals surface area (Å²) in [5, 5.41) is 4.06. The number of hydrogen-bond acceptors (Lipinski definition) is 6. The van der Waals surface area contributed by atoms with Gasteiger partial charge in [0.1, 0.15) is 15.6 Å². The van der Waals surface area contributed by atoms with Gasteiger partial charge in [-0.05, 0) is 20.3 Å². The van der Waals surface area contributed by atoms with Crippen molar-refractivity contribution in [3.63, 3.8) is 0 Å². The quantitative estimate of drug-likeness (QED) is 0.742. The van der Waals surface area contributed by atoms with Crippen LogP contribution in [-0.4, -0.2) is 31.8 Å². The van der Waals surface area contributed by atoms with E-state index in [1.165, 1.54) is 11.3 Å². The maximum atomic E-state index is 11.4. The van der Waals surface area contributed by atoms with E-state index < -0.39 is 5.91 Å². The molecular weight excluding hydrogens is 278 g/mol. The third kappa shape index (κ3) is 3.34. The molecule has 0 radical (unpaired) electrons. The second-order valence-corrected chi connectivity index (χ2v) is 6.17. The van der Waals surface area contributed by atoms with Crippen molar-refractivity contribution in [3.8, 4) is 5.75 Å². The fraction of sp³-hybridized carbons (Fsp3) is 0.615. The Bertz CT molecular complexity index is 481. The average molecular weight is 299 g/mol. The lowest BCUT2D eigenvalue weighted by Gasteiger charge is -2.14. The SMILES string of the molecule is CC(C)Oc1c(NCC2CCOC2)sc(C(N)=O)c1N. The zero-order valence-corrected chi connectivity index (χ0v) is 12.6. The molecule has 7 heteroatoms. The van der Waals surface area contributed by atoms with Gasteiger partial charge in [-0.25, -0.2) is 0 Å².